The van der Waals surface area contributed by atoms with Gasteiger partial charge in [-0.3, -0.25) is 4.79 Å². The molecule has 6 nitrogen and oxygen atoms in total. The Morgan fingerprint density at radius 3 is 3.19 bits per heavy atom. The summed E-state index contributed by atoms with van der Waals surface area (Å²) in [5.74, 6) is 0.618. The molecule has 2 aromatic rings. The van der Waals surface area contributed by atoms with Gasteiger partial charge >= 0.3 is 0 Å². The number of nitrogens with one attached hydrogen (secondary N) is 1. The summed E-state index contributed by atoms with van der Waals surface area (Å²) in [5.41, 5.74) is 2.47. The SMILES string of the molecule is Cc1nnsc1C(=O)NCC(O)c1ccc2c(c1)CCO2. The number of amides is 1. The van der Waals surface area contributed by atoms with Crippen LogP contribution >= 0.6 is 11.5 Å². The molecular weight excluding hydrogens is 290 g/mol. The fourth-order valence-electron chi connectivity index (χ4n) is 2.24. The molecule has 1 amide bonds. The fourth-order valence-corrected chi connectivity index (χ4v) is 2.81. The molecule has 0 bridgehead atoms. The highest BCUT2D eigenvalue weighted by molar-refractivity contribution is 7.07. The molecule has 1 aromatic carbocycles. The van der Waals surface area contributed by atoms with Crippen LogP contribution in [0.1, 0.15) is 32.6 Å². The molecule has 110 valence electrons. The van der Waals surface area contributed by atoms with Crippen molar-refractivity contribution in [2.45, 2.75) is 19.4 Å². The maximum absolute atomic E-state index is 11.9. The topological polar surface area (TPSA) is 84.3 Å². The Hall–Kier alpha value is -1.99. The molecule has 2 N–H and O–H groups in total. The maximum atomic E-state index is 11.9. The lowest BCUT2D eigenvalue weighted by molar-refractivity contribution is 0.0919. The van der Waals surface area contributed by atoms with Crippen LogP contribution in [0.15, 0.2) is 18.2 Å². The van der Waals surface area contributed by atoms with Crippen molar-refractivity contribution in [2.24, 2.45) is 0 Å². The molecule has 0 saturated carbocycles. The van der Waals surface area contributed by atoms with E-state index in [1.54, 1.807) is 6.92 Å². The zero-order chi connectivity index (χ0) is 14.8. The first-order valence-corrected chi connectivity index (χ1v) is 7.43. The summed E-state index contributed by atoms with van der Waals surface area (Å²) in [7, 11) is 0. The third-order valence-corrected chi connectivity index (χ3v) is 4.24. The predicted molar refractivity (Wildman–Crippen MR) is 77.6 cm³/mol. The van der Waals surface area contributed by atoms with Gasteiger partial charge in [0.2, 0.25) is 0 Å². The van der Waals surface area contributed by atoms with Crippen LogP contribution in [0.5, 0.6) is 5.75 Å². The maximum Gasteiger partial charge on any atom is 0.265 e. The Balaban J connectivity index is 1.63. The molecule has 0 saturated heterocycles. The Labute approximate surface area is 125 Å². The first-order valence-electron chi connectivity index (χ1n) is 6.66. The standard InChI is InChI=1S/C14H15N3O3S/c1-8-13(21-17-16-8)14(19)15-7-11(18)9-2-3-12-10(6-9)4-5-20-12/h2-3,6,11,18H,4-5,7H2,1H3,(H,15,19). The number of rotatable bonds is 4. The van der Waals surface area contributed by atoms with Gasteiger partial charge in [-0.05, 0) is 41.7 Å². The number of aryl methyl sites for hydroxylation is 1. The normalized spacial score (nSPS) is 14.4. The van der Waals surface area contributed by atoms with E-state index in [0.717, 1.165) is 34.8 Å². The third-order valence-electron chi connectivity index (χ3n) is 3.41. The van der Waals surface area contributed by atoms with Gasteiger partial charge in [0.25, 0.3) is 5.91 Å². The number of benzene rings is 1. The van der Waals surface area contributed by atoms with Crippen LogP contribution in [0, 0.1) is 6.92 Å². The molecule has 0 fully saturated rings. The highest BCUT2D eigenvalue weighted by atomic mass is 32.1. The van der Waals surface area contributed by atoms with Gasteiger partial charge in [-0.25, -0.2) is 0 Å². The predicted octanol–water partition coefficient (Wildman–Crippen LogP) is 1.24. The van der Waals surface area contributed by atoms with Gasteiger partial charge in [0.1, 0.15) is 10.6 Å². The number of carbonyl (C=O) groups is 1. The third kappa shape index (κ3) is 2.88. The molecule has 0 spiro atoms. The highest BCUT2D eigenvalue weighted by Crippen LogP contribution is 2.28. The fraction of sp³-hybridized carbons (Fsp3) is 0.357. The molecular formula is C14H15N3O3S. The molecule has 1 aliphatic heterocycles. The quantitative estimate of drug-likeness (QED) is 0.888. The minimum atomic E-state index is -0.749. The number of carbonyl (C=O) groups excluding carboxylic acids is 1. The smallest absolute Gasteiger partial charge is 0.265 e. The number of nitrogens with zero attached hydrogens (tertiary/aromatic N) is 2. The van der Waals surface area contributed by atoms with E-state index in [-0.39, 0.29) is 12.5 Å². The molecule has 0 aliphatic carbocycles. The largest absolute Gasteiger partial charge is 0.493 e. The summed E-state index contributed by atoms with van der Waals surface area (Å²) in [4.78, 5) is 12.4. The summed E-state index contributed by atoms with van der Waals surface area (Å²) in [5, 5.41) is 16.7. The zero-order valence-corrected chi connectivity index (χ0v) is 12.3. The van der Waals surface area contributed by atoms with E-state index < -0.39 is 6.10 Å². The molecule has 7 heteroatoms. The van der Waals surface area contributed by atoms with E-state index in [1.807, 2.05) is 18.2 Å². The summed E-state index contributed by atoms with van der Waals surface area (Å²) in [6.07, 6.45) is 0.106. The van der Waals surface area contributed by atoms with E-state index in [2.05, 4.69) is 14.9 Å². The van der Waals surface area contributed by atoms with Gasteiger partial charge in [0.05, 0.1) is 18.4 Å². The number of aliphatic hydroxyl groups excluding tert-OH is 1. The Morgan fingerprint density at radius 2 is 2.43 bits per heavy atom. The lowest BCUT2D eigenvalue weighted by Gasteiger charge is -2.13. The Kier molecular flexibility index (Phi) is 3.85. The highest BCUT2D eigenvalue weighted by Gasteiger charge is 2.18. The summed E-state index contributed by atoms with van der Waals surface area (Å²) < 4.78 is 9.15. The second kappa shape index (κ2) is 5.79. The van der Waals surface area contributed by atoms with Crippen LogP contribution in [0.25, 0.3) is 0 Å². The average molecular weight is 305 g/mol. The van der Waals surface area contributed by atoms with Crippen molar-refractivity contribution in [1.82, 2.24) is 14.9 Å². The Bertz CT molecular complexity index is 671. The summed E-state index contributed by atoms with van der Waals surface area (Å²) in [6.45, 7) is 2.56. The molecule has 1 atom stereocenters. The minimum Gasteiger partial charge on any atom is -0.493 e. The monoisotopic (exact) mass is 305 g/mol. The first-order chi connectivity index (χ1) is 10.1. The van der Waals surface area contributed by atoms with Crippen molar-refractivity contribution in [3.63, 3.8) is 0 Å². The Morgan fingerprint density at radius 1 is 1.57 bits per heavy atom. The van der Waals surface area contributed by atoms with Gasteiger partial charge < -0.3 is 15.2 Å². The molecule has 1 aliphatic rings. The molecule has 0 radical (unpaired) electrons. The van der Waals surface area contributed by atoms with Crippen LogP contribution in [-0.4, -0.2) is 33.8 Å². The van der Waals surface area contributed by atoms with Gasteiger partial charge in [0, 0.05) is 13.0 Å². The second-order valence-corrected chi connectivity index (χ2v) is 5.63. The van der Waals surface area contributed by atoms with E-state index in [4.69, 9.17) is 4.74 Å². The summed E-state index contributed by atoms with van der Waals surface area (Å²) >= 11 is 1.05. The second-order valence-electron chi connectivity index (χ2n) is 4.88. The van der Waals surface area contributed by atoms with Crippen molar-refractivity contribution < 1.29 is 14.6 Å². The average Bonchev–Trinajstić information content (AvgIpc) is 3.11. The lowest BCUT2D eigenvalue weighted by Crippen LogP contribution is -2.28. The van der Waals surface area contributed by atoms with Crippen molar-refractivity contribution in [1.29, 1.82) is 0 Å². The van der Waals surface area contributed by atoms with Gasteiger partial charge in [-0.15, -0.1) is 5.10 Å². The van der Waals surface area contributed by atoms with E-state index in [1.165, 1.54) is 0 Å². The van der Waals surface area contributed by atoms with Gasteiger partial charge in [-0.1, -0.05) is 10.6 Å². The zero-order valence-electron chi connectivity index (χ0n) is 11.5. The molecule has 2 heterocycles. The van der Waals surface area contributed by atoms with Crippen LogP contribution in [-0.2, 0) is 6.42 Å². The van der Waals surface area contributed by atoms with Crippen LogP contribution in [0.4, 0.5) is 0 Å². The molecule has 3 rings (SSSR count). The van der Waals surface area contributed by atoms with Crippen molar-refractivity contribution in [3.05, 3.63) is 39.9 Å². The number of hydrogen-bond donors (Lipinski definition) is 2. The van der Waals surface area contributed by atoms with Gasteiger partial charge in [0.15, 0.2) is 0 Å². The molecule has 1 unspecified atom stereocenters. The first kappa shape index (κ1) is 14.0. The number of aromatic nitrogens is 2. The van der Waals surface area contributed by atoms with Crippen LogP contribution < -0.4 is 10.1 Å². The number of hydrogen-bond acceptors (Lipinski definition) is 6. The minimum absolute atomic E-state index is 0.149. The van der Waals surface area contributed by atoms with Gasteiger partial charge in [-0.2, -0.15) is 0 Å². The van der Waals surface area contributed by atoms with Crippen molar-refractivity contribution in [3.8, 4) is 5.75 Å². The van der Waals surface area contributed by atoms with Crippen LogP contribution in [0.3, 0.4) is 0 Å². The number of aliphatic hydroxyl groups is 1. The summed E-state index contributed by atoms with van der Waals surface area (Å²) in [6, 6.07) is 5.61. The number of fused-ring (bicyclic) bond motifs is 1. The van der Waals surface area contributed by atoms with E-state index >= 15 is 0 Å². The van der Waals surface area contributed by atoms with E-state index in [0.29, 0.717) is 17.2 Å². The lowest BCUT2D eigenvalue weighted by atomic mass is 10.0. The van der Waals surface area contributed by atoms with Crippen LogP contribution in [0.2, 0.25) is 0 Å². The molecule has 21 heavy (non-hydrogen) atoms. The van der Waals surface area contributed by atoms with Crippen molar-refractivity contribution in [2.75, 3.05) is 13.2 Å². The molecule has 1 aromatic heterocycles. The van der Waals surface area contributed by atoms with E-state index in [9.17, 15) is 9.90 Å². The van der Waals surface area contributed by atoms with Crippen molar-refractivity contribution >= 4 is 17.4 Å². The number of ether oxygens (including phenoxy) is 1.